The molecule has 0 aliphatic rings. The van der Waals surface area contributed by atoms with Crippen LogP contribution in [0, 0.1) is 0 Å². The minimum absolute atomic E-state index is 0.118. The SMILES string of the molecule is CCNC(=NCC(O)c1ccncc1)NC(C)c1cc2cccc(OCC)c2o1. The Kier molecular flexibility index (Phi) is 7.08. The highest BCUT2D eigenvalue weighted by molar-refractivity contribution is 5.84. The van der Waals surface area contributed by atoms with E-state index in [9.17, 15) is 5.11 Å². The van der Waals surface area contributed by atoms with Gasteiger partial charge in [0.25, 0.3) is 0 Å². The molecule has 154 valence electrons. The molecule has 2 atom stereocenters. The van der Waals surface area contributed by atoms with Crippen LogP contribution in [0.25, 0.3) is 11.0 Å². The first kappa shape index (κ1) is 20.7. The van der Waals surface area contributed by atoms with Gasteiger partial charge in [-0.3, -0.25) is 9.98 Å². The van der Waals surface area contributed by atoms with Gasteiger partial charge in [0, 0.05) is 24.3 Å². The van der Waals surface area contributed by atoms with Crippen molar-refractivity contribution in [1.82, 2.24) is 15.6 Å². The molecule has 1 aromatic carbocycles. The number of rotatable bonds is 8. The maximum absolute atomic E-state index is 10.3. The second-order valence-electron chi connectivity index (χ2n) is 6.64. The highest BCUT2D eigenvalue weighted by atomic mass is 16.5. The molecule has 0 saturated heterocycles. The monoisotopic (exact) mass is 396 g/mol. The van der Waals surface area contributed by atoms with Gasteiger partial charge >= 0.3 is 0 Å². The Hall–Kier alpha value is -3.06. The first-order valence-corrected chi connectivity index (χ1v) is 9.90. The van der Waals surface area contributed by atoms with E-state index in [0.717, 1.165) is 28.0 Å². The first-order valence-electron chi connectivity index (χ1n) is 9.90. The molecule has 0 saturated carbocycles. The van der Waals surface area contributed by atoms with Crippen molar-refractivity contribution in [3.8, 4) is 5.75 Å². The molecule has 3 rings (SSSR count). The number of aliphatic hydroxyl groups is 1. The van der Waals surface area contributed by atoms with Gasteiger partial charge in [0.2, 0.25) is 0 Å². The summed E-state index contributed by atoms with van der Waals surface area (Å²) < 4.78 is 11.7. The average molecular weight is 396 g/mol. The van der Waals surface area contributed by atoms with E-state index in [0.29, 0.717) is 19.1 Å². The van der Waals surface area contributed by atoms with E-state index >= 15 is 0 Å². The lowest BCUT2D eigenvalue weighted by Gasteiger charge is -2.17. The summed E-state index contributed by atoms with van der Waals surface area (Å²) in [6.07, 6.45) is 2.63. The number of benzene rings is 1. The lowest BCUT2D eigenvalue weighted by atomic mass is 10.1. The van der Waals surface area contributed by atoms with Gasteiger partial charge in [-0.1, -0.05) is 12.1 Å². The zero-order valence-corrected chi connectivity index (χ0v) is 17.1. The van der Waals surface area contributed by atoms with E-state index < -0.39 is 6.10 Å². The average Bonchev–Trinajstić information content (AvgIpc) is 3.18. The van der Waals surface area contributed by atoms with Crippen molar-refractivity contribution in [3.63, 3.8) is 0 Å². The highest BCUT2D eigenvalue weighted by Gasteiger charge is 2.16. The summed E-state index contributed by atoms with van der Waals surface area (Å²) in [7, 11) is 0. The molecule has 2 heterocycles. The Morgan fingerprint density at radius 3 is 2.76 bits per heavy atom. The fraction of sp³-hybridized carbons (Fsp3) is 0.364. The topological polar surface area (TPSA) is 91.9 Å². The zero-order chi connectivity index (χ0) is 20.6. The number of hydrogen-bond acceptors (Lipinski definition) is 5. The predicted octanol–water partition coefficient (Wildman–Crippen LogP) is 3.58. The third-order valence-corrected chi connectivity index (χ3v) is 4.46. The number of guanidine groups is 1. The van der Waals surface area contributed by atoms with Crippen LogP contribution in [0.15, 0.2) is 58.2 Å². The van der Waals surface area contributed by atoms with Gasteiger partial charge in [-0.2, -0.15) is 0 Å². The molecule has 29 heavy (non-hydrogen) atoms. The Labute approximate surface area is 170 Å². The number of hydrogen-bond donors (Lipinski definition) is 3. The number of aliphatic hydroxyl groups excluding tert-OH is 1. The van der Waals surface area contributed by atoms with E-state index in [4.69, 9.17) is 9.15 Å². The van der Waals surface area contributed by atoms with Gasteiger partial charge in [-0.15, -0.1) is 0 Å². The van der Waals surface area contributed by atoms with E-state index in [1.54, 1.807) is 24.5 Å². The van der Waals surface area contributed by atoms with Crippen molar-refractivity contribution in [2.75, 3.05) is 19.7 Å². The van der Waals surface area contributed by atoms with Gasteiger partial charge in [0.15, 0.2) is 17.3 Å². The van der Waals surface area contributed by atoms with Crippen LogP contribution in [-0.4, -0.2) is 35.7 Å². The fourth-order valence-electron chi connectivity index (χ4n) is 3.00. The summed E-state index contributed by atoms with van der Waals surface area (Å²) in [6.45, 7) is 7.48. The van der Waals surface area contributed by atoms with Crippen molar-refractivity contribution in [2.45, 2.75) is 32.9 Å². The maximum Gasteiger partial charge on any atom is 0.191 e. The maximum atomic E-state index is 10.3. The molecule has 0 aliphatic heterocycles. The number of fused-ring (bicyclic) bond motifs is 1. The molecule has 0 amide bonds. The minimum atomic E-state index is -0.691. The van der Waals surface area contributed by atoms with Crippen molar-refractivity contribution < 1.29 is 14.3 Å². The molecular formula is C22H28N4O3. The molecular weight excluding hydrogens is 368 g/mol. The summed E-state index contributed by atoms with van der Waals surface area (Å²) in [4.78, 5) is 8.48. The van der Waals surface area contributed by atoms with Crippen molar-refractivity contribution in [1.29, 1.82) is 0 Å². The summed E-state index contributed by atoms with van der Waals surface area (Å²) in [5, 5.41) is 17.9. The van der Waals surface area contributed by atoms with E-state index in [-0.39, 0.29) is 12.6 Å². The Morgan fingerprint density at radius 2 is 2.03 bits per heavy atom. The van der Waals surface area contributed by atoms with E-state index in [1.807, 2.05) is 45.0 Å². The number of aromatic nitrogens is 1. The van der Waals surface area contributed by atoms with Gasteiger partial charge in [-0.25, -0.2) is 0 Å². The molecule has 7 nitrogen and oxygen atoms in total. The van der Waals surface area contributed by atoms with Crippen molar-refractivity contribution in [2.24, 2.45) is 4.99 Å². The Bertz CT molecular complexity index is 940. The summed E-state index contributed by atoms with van der Waals surface area (Å²) in [5.74, 6) is 2.13. The molecule has 7 heteroatoms. The summed E-state index contributed by atoms with van der Waals surface area (Å²) >= 11 is 0. The third kappa shape index (κ3) is 5.26. The van der Waals surface area contributed by atoms with Crippen LogP contribution in [0.4, 0.5) is 0 Å². The van der Waals surface area contributed by atoms with Crippen LogP contribution >= 0.6 is 0 Å². The summed E-state index contributed by atoms with van der Waals surface area (Å²) in [6, 6.07) is 11.3. The number of nitrogens with zero attached hydrogens (tertiary/aromatic N) is 2. The second kappa shape index (κ2) is 9.93. The lowest BCUT2D eigenvalue weighted by molar-refractivity contribution is 0.187. The van der Waals surface area contributed by atoms with E-state index in [1.165, 1.54) is 0 Å². The number of nitrogens with one attached hydrogen (secondary N) is 2. The van der Waals surface area contributed by atoms with Crippen molar-refractivity contribution in [3.05, 3.63) is 60.1 Å². The van der Waals surface area contributed by atoms with Gasteiger partial charge < -0.3 is 24.9 Å². The smallest absolute Gasteiger partial charge is 0.191 e. The number of furan rings is 1. The standard InChI is InChI=1S/C22H28N4O3/c1-4-24-22(25-14-18(27)16-9-11-23-12-10-16)26-15(3)20-13-17-7-6-8-19(28-5-2)21(17)29-20/h6-13,15,18,27H,4-5,14H2,1-3H3,(H2,24,25,26). The number of aliphatic imine (C=N–C) groups is 1. The molecule has 0 bridgehead atoms. The number of para-hydroxylation sites is 1. The number of ether oxygens (including phenoxy) is 1. The molecule has 3 aromatic rings. The van der Waals surface area contributed by atoms with Crippen LogP contribution in [0.5, 0.6) is 5.75 Å². The Morgan fingerprint density at radius 1 is 1.24 bits per heavy atom. The molecule has 0 radical (unpaired) electrons. The molecule has 0 aliphatic carbocycles. The quantitative estimate of drug-likeness (QED) is 0.398. The molecule has 2 unspecified atom stereocenters. The van der Waals surface area contributed by atoms with Crippen LogP contribution in [0.1, 0.15) is 44.2 Å². The van der Waals surface area contributed by atoms with Crippen LogP contribution in [-0.2, 0) is 0 Å². The zero-order valence-electron chi connectivity index (χ0n) is 17.1. The largest absolute Gasteiger partial charge is 0.490 e. The molecule has 0 fully saturated rings. The molecule has 3 N–H and O–H groups in total. The third-order valence-electron chi connectivity index (χ3n) is 4.46. The van der Waals surface area contributed by atoms with Gasteiger partial charge in [0.05, 0.1) is 25.3 Å². The predicted molar refractivity (Wildman–Crippen MR) is 114 cm³/mol. The molecule has 2 aromatic heterocycles. The second-order valence-corrected chi connectivity index (χ2v) is 6.64. The molecule has 0 spiro atoms. The lowest BCUT2D eigenvalue weighted by Crippen LogP contribution is -2.39. The van der Waals surface area contributed by atoms with Crippen molar-refractivity contribution >= 4 is 16.9 Å². The highest BCUT2D eigenvalue weighted by Crippen LogP contribution is 2.31. The number of pyridine rings is 1. The van der Waals surface area contributed by atoms with Crippen LogP contribution < -0.4 is 15.4 Å². The van der Waals surface area contributed by atoms with Crippen LogP contribution in [0.3, 0.4) is 0 Å². The normalized spacial score (nSPS) is 13.9. The summed E-state index contributed by atoms with van der Waals surface area (Å²) in [5.41, 5.74) is 1.53. The fourth-order valence-corrected chi connectivity index (χ4v) is 3.00. The van der Waals surface area contributed by atoms with E-state index in [2.05, 4.69) is 20.6 Å². The van der Waals surface area contributed by atoms with Crippen LogP contribution in [0.2, 0.25) is 0 Å². The minimum Gasteiger partial charge on any atom is -0.490 e. The Balaban J connectivity index is 1.73. The van der Waals surface area contributed by atoms with Gasteiger partial charge in [0.1, 0.15) is 5.76 Å². The van der Waals surface area contributed by atoms with Gasteiger partial charge in [-0.05, 0) is 50.6 Å². The first-order chi connectivity index (χ1) is 14.1.